The highest BCUT2D eigenvalue weighted by Crippen LogP contribution is 2.25. The van der Waals surface area contributed by atoms with Crippen LogP contribution < -0.4 is 15.4 Å². The summed E-state index contributed by atoms with van der Waals surface area (Å²) in [6.07, 6.45) is -3.97. The first kappa shape index (κ1) is 17.7. The van der Waals surface area contributed by atoms with Crippen molar-refractivity contribution < 1.29 is 22.7 Å². The third kappa shape index (κ3) is 5.49. The van der Waals surface area contributed by atoms with Crippen LogP contribution in [0.2, 0.25) is 0 Å². The van der Waals surface area contributed by atoms with Crippen molar-refractivity contribution >= 4 is 17.3 Å². The van der Waals surface area contributed by atoms with E-state index in [1.165, 1.54) is 18.2 Å². The number of aryl methyl sites for hydroxylation is 1. The van der Waals surface area contributed by atoms with Crippen LogP contribution in [0.1, 0.15) is 12.5 Å². The smallest absolute Gasteiger partial charge is 0.406 e. The van der Waals surface area contributed by atoms with Crippen LogP contribution in [-0.2, 0) is 11.2 Å². The zero-order chi connectivity index (χ0) is 17.6. The summed E-state index contributed by atoms with van der Waals surface area (Å²) in [5.41, 5.74) is 2.09. The fourth-order valence-corrected chi connectivity index (χ4v) is 2.13. The van der Waals surface area contributed by atoms with Crippen LogP contribution >= 0.6 is 0 Å². The molecule has 0 atom stereocenters. The number of hydrogen-bond donors (Lipinski definition) is 2. The van der Waals surface area contributed by atoms with E-state index in [1.807, 2.05) is 25.1 Å². The van der Waals surface area contributed by atoms with Crippen LogP contribution in [0, 0.1) is 0 Å². The summed E-state index contributed by atoms with van der Waals surface area (Å²) >= 11 is 0. The molecule has 2 aromatic rings. The van der Waals surface area contributed by atoms with E-state index in [9.17, 15) is 18.0 Å². The van der Waals surface area contributed by atoms with Gasteiger partial charge in [-0.05, 0) is 30.2 Å². The molecule has 0 aliphatic carbocycles. The Hall–Kier alpha value is -2.70. The molecule has 0 bridgehead atoms. The van der Waals surface area contributed by atoms with E-state index in [4.69, 9.17) is 0 Å². The molecule has 7 heteroatoms. The predicted octanol–water partition coefficient (Wildman–Crippen LogP) is 4.20. The van der Waals surface area contributed by atoms with E-state index in [0.29, 0.717) is 5.69 Å². The van der Waals surface area contributed by atoms with Gasteiger partial charge in [-0.2, -0.15) is 0 Å². The number of carbonyl (C=O) groups is 1. The molecule has 0 saturated heterocycles. The highest BCUT2D eigenvalue weighted by molar-refractivity contribution is 5.94. The van der Waals surface area contributed by atoms with Crippen LogP contribution in [0.3, 0.4) is 0 Å². The van der Waals surface area contributed by atoms with E-state index in [0.717, 1.165) is 17.7 Å². The quantitative estimate of drug-likeness (QED) is 0.830. The Morgan fingerprint density at radius 1 is 1.12 bits per heavy atom. The Labute approximate surface area is 137 Å². The van der Waals surface area contributed by atoms with Crippen LogP contribution in [-0.4, -0.2) is 18.8 Å². The number of rotatable bonds is 6. The van der Waals surface area contributed by atoms with Gasteiger partial charge < -0.3 is 15.4 Å². The molecule has 1 amide bonds. The number of benzene rings is 2. The maximum atomic E-state index is 12.2. The van der Waals surface area contributed by atoms with Crippen LogP contribution in [0.4, 0.5) is 24.5 Å². The summed E-state index contributed by atoms with van der Waals surface area (Å²) in [4.78, 5) is 12.0. The van der Waals surface area contributed by atoms with Crippen molar-refractivity contribution in [3.8, 4) is 5.75 Å². The monoisotopic (exact) mass is 338 g/mol. The number of ether oxygens (including phenoxy) is 1. The van der Waals surface area contributed by atoms with Gasteiger partial charge in [0, 0.05) is 17.4 Å². The third-order valence-corrected chi connectivity index (χ3v) is 3.19. The Bertz CT molecular complexity index is 702. The van der Waals surface area contributed by atoms with Gasteiger partial charge in [-0.3, -0.25) is 4.79 Å². The van der Waals surface area contributed by atoms with Gasteiger partial charge in [0.1, 0.15) is 5.75 Å². The fraction of sp³-hybridized carbons (Fsp3) is 0.235. The van der Waals surface area contributed by atoms with Gasteiger partial charge in [-0.1, -0.05) is 31.2 Å². The summed E-state index contributed by atoms with van der Waals surface area (Å²) in [6, 6.07) is 12.8. The van der Waals surface area contributed by atoms with Gasteiger partial charge in [0.05, 0.1) is 6.54 Å². The van der Waals surface area contributed by atoms with Crippen LogP contribution in [0.15, 0.2) is 48.5 Å². The maximum Gasteiger partial charge on any atom is 0.573 e. The number of halogens is 3. The molecule has 24 heavy (non-hydrogen) atoms. The minimum atomic E-state index is -4.75. The van der Waals surface area contributed by atoms with Crippen molar-refractivity contribution in [2.75, 3.05) is 17.2 Å². The van der Waals surface area contributed by atoms with Gasteiger partial charge in [-0.15, -0.1) is 13.2 Å². The van der Waals surface area contributed by atoms with Gasteiger partial charge in [-0.25, -0.2) is 0 Å². The summed E-state index contributed by atoms with van der Waals surface area (Å²) in [6.45, 7) is 1.91. The average Bonchev–Trinajstić information content (AvgIpc) is 2.52. The normalized spacial score (nSPS) is 11.0. The average molecular weight is 338 g/mol. The molecule has 0 aromatic heterocycles. The first-order valence-electron chi connectivity index (χ1n) is 7.35. The molecule has 0 fully saturated rings. The van der Waals surface area contributed by atoms with Crippen LogP contribution in [0.25, 0.3) is 0 Å². The molecule has 2 rings (SSSR count). The van der Waals surface area contributed by atoms with Crippen molar-refractivity contribution in [1.29, 1.82) is 0 Å². The molecule has 0 unspecified atom stereocenters. The van der Waals surface area contributed by atoms with E-state index in [-0.39, 0.29) is 18.2 Å². The Balaban J connectivity index is 1.93. The largest absolute Gasteiger partial charge is 0.573 e. The van der Waals surface area contributed by atoms with Crippen molar-refractivity contribution in [2.45, 2.75) is 19.7 Å². The first-order chi connectivity index (χ1) is 11.4. The molecule has 128 valence electrons. The number of alkyl halides is 3. The lowest BCUT2D eigenvalue weighted by molar-refractivity contribution is -0.274. The highest BCUT2D eigenvalue weighted by atomic mass is 19.4. The Morgan fingerprint density at radius 2 is 1.88 bits per heavy atom. The van der Waals surface area contributed by atoms with E-state index in [1.54, 1.807) is 12.1 Å². The van der Waals surface area contributed by atoms with E-state index >= 15 is 0 Å². The molecule has 0 radical (unpaired) electrons. The number of para-hydroxylation sites is 1. The lowest BCUT2D eigenvalue weighted by Gasteiger charge is -2.12. The van der Waals surface area contributed by atoms with Gasteiger partial charge in [0.25, 0.3) is 0 Å². The number of amides is 1. The lowest BCUT2D eigenvalue weighted by atomic mass is 10.1. The second-order valence-corrected chi connectivity index (χ2v) is 4.99. The molecule has 0 aliphatic rings. The van der Waals surface area contributed by atoms with Crippen molar-refractivity contribution in [3.63, 3.8) is 0 Å². The number of hydrogen-bond acceptors (Lipinski definition) is 3. The third-order valence-electron chi connectivity index (χ3n) is 3.19. The lowest BCUT2D eigenvalue weighted by Crippen LogP contribution is -2.22. The molecule has 0 heterocycles. The fourth-order valence-electron chi connectivity index (χ4n) is 2.13. The maximum absolute atomic E-state index is 12.2. The van der Waals surface area contributed by atoms with Gasteiger partial charge in [0.15, 0.2) is 0 Å². The SMILES string of the molecule is CCc1ccccc1NC(=O)CNc1cccc(OC(F)(F)F)c1. The predicted molar refractivity (Wildman–Crippen MR) is 86.1 cm³/mol. The van der Waals surface area contributed by atoms with Gasteiger partial charge >= 0.3 is 6.36 Å². The molecule has 0 spiro atoms. The number of nitrogens with one attached hydrogen (secondary N) is 2. The molecule has 2 aromatic carbocycles. The Morgan fingerprint density at radius 3 is 2.58 bits per heavy atom. The topological polar surface area (TPSA) is 50.4 Å². The van der Waals surface area contributed by atoms with E-state index in [2.05, 4.69) is 15.4 Å². The Kier molecular flexibility index (Phi) is 5.68. The van der Waals surface area contributed by atoms with Crippen molar-refractivity contribution in [1.82, 2.24) is 0 Å². The van der Waals surface area contributed by atoms with Crippen LogP contribution in [0.5, 0.6) is 5.75 Å². The second kappa shape index (κ2) is 7.72. The molecule has 0 aliphatic heterocycles. The number of anilines is 2. The standard InChI is InChI=1S/C17H17F3N2O2/c1-2-12-6-3-4-9-15(12)22-16(23)11-21-13-7-5-8-14(10-13)24-17(18,19)20/h3-10,21H,2,11H2,1H3,(H,22,23). The minimum absolute atomic E-state index is 0.0759. The first-order valence-corrected chi connectivity index (χ1v) is 7.35. The molecule has 2 N–H and O–H groups in total. The summed E-state index contributed by atoms with van der Waals surface area (Å²) in [7, 11) is 0. The second-order valence-electron chi connectivity index (χ2n) is 4.99. The molecule has 0 saturated carbocycles. The van der Waals surface area contributed by atoms with Gasteiger partial charge in [0.2, 0.25) is 5.91 Å². The number of carbonyl (C=O) groups excluding carboxylic acids is 1. The zero-order valence-electron chi connectivity index (χ0n) is 13.0. The minimum Gasteiger partial charge on any atom is -0.406 e. The molecular weight excluding hydrogens is 321 g/mol. The van der Waals surface area contributed by atoms with Crippen molar-refractivity contribution in [3.05, 3.63) is 54.1 Å². The molecular formula is C17H17F3N2O2. The zero-order valence-corrected chi connectivity index (χ0v) is 13.0. The summed E-state index contributed by atoms with van der Waals surface area (Å²) in [5, 5.41) is 5.54. The van der Waals surface area contributed by atoms with E-state index < -0.39 is 6.36 Å². The summed E-state index contributed by atoms with van der Waals surface area (Å²) in [5.74, 6) is -0.637. The summed E-state index contributed by atoms with van der Waals surface area (Å²) < 4.78 is 40.4. The van der Waals surface area contributed by atoms with Crippen molar-refractivity contribution in [2.24, 2.45) is 0 Å². The highest BCUT2D eigenvalue weighted by Gasteiger charge is 2.31. The molecule has 4 nitrogen and oxygen atoms in total.